The van der Waals surface area contributed by atoms with Crippen molar-refractivity contribution in [2.45, 2.75) is 43.2 Å². The smallest absolute Gasteiger partial charge is 0.336 e. The van der Waals surface area contributed by atoms with Gasteiger partial charge in [0.05, 0.1) is 5.56 Å². The summed E-state index contributed by atoms with van der Waals surface area (Å²) in [6, 6.07) is 1.26. The number of hydrogen-bond acceptors (Lipinski definition) is 4. The number of nitrogens with zero attached hydrogens (tertiary/aromatic N) is 1. The second-order valence-corrected chi connectivity index (χ2v) is 8.53. The van der Waals surface area contributed by atoms with Crippen molar-refractivity contribution in [1.29, 1.82) is 0 Å². The van der Waals surface area contributed by atoms with E-state index in [0.29, 0.717) is 19.0 Å². The molecule has 7 heteroatoms. The molecule has 118 valence electrons. The third-order valence-electron chi connectivity index (χ3n) is 3.92. The molecule has 0 bridgehead atoms. The molecule has 2 heterocycles. The fraction of sp³-hybridized carbons (Fsp3) is 0.643. The summed E-state index contributed by atoms with van der Waals surface area (Å²) >= 11 is 0.986. The minimum Gasteiger partial charge on any atom is -0.478 e. The quantitative estimate of drug-likeness (QED) is 0.900. The highest BCUT2D eigenvalue weighted by Gasteiger charge is 2.29. The molecular weight excluding hydrogens is 310 g/mol. The molecule has 1 aliphatic rings. The molecule has 2 rings (SSSR count). The van der Waals surface area contributed by atoms with E-state index in [0.717, 1.165) is 43.4 Å². The highest BCUT2D eigenvalue weighted by Crippen LogP contribution is 2.28. The average Bonchev–Trinajstić information content (AvgIpc) is 2.82. The Morgan fingerprint density at radius 2 is 2.19 bits per heavy atom. The van der Waals surface area contributed by atoms with Crippen molar-refractivity contribution in [1.82, 2.24) is 4.31 Å². The summed E-state index contributed by atoms with van der Waals surface area (Å²) < 4.78 is 26.8. The molecule has 0 aliphatic carbocycles. The lowest BCUT2D eigenvalue weighted by Crippen LogP contribution is -2.31. The highest BCUT2D eigenvalue weighted by molar-refractivity contribution is 7.91. The van der Waals surface area contributed by atoms with Gasteiger partial charge < -0.3 is 5.11 Å². The summed E-state index contributed by atoms with van der Waals surface area (Å²) in [5.41, 5.74) is 0.0391. The van der Waals surface area contributed by atoms with Gasteiger partial charge in [-0.1, -0.05) is 19.8 Å². The molecule has 1 atom stereocenters. The third-order valence-corrected chi connectivity index (χ3v) is 7.23. The average molecular weight is 331 g/mol. The number of rotatable bonds is 5. The summed E-state index contributed by atoms with van der Waals surface area (Å²) in [4.78, 5) is 10.9. The van der Waals surface area contributed by atoms with Crippen molar-refractivity contribution in [2.75, 3.05) is 13.1 Å². The van der Waals surface area contributed by atoms with Gasteiger partial charge in [0.15, 0.2) is 0 Å². The summed E-state index contributed by atoms with van der Waals surface area (Å²) in [6.07, 6.45) is 5.12. The van der Waals surface area contributed by atoms with Gasteiger partial charge in [0.2, 0.25) is 0 Å². The Kier molecular flexibility index (Phi) is 5.40. The second kappa shape index (κ2) is 6.89. The lowest BCUT2D eigenvalue weighted by atomic mass is 9.96. The van der Waals surface area contributed by atoms with Gasteiger partial charge in [-0.2, -0.15) is 4.31 Å². The predicted octanol–water partition coefficient (Wildman–Crippen LogP) is 3.04. The summed E-state index contributed by atoms with van der Waals surface area (Å²) in [6.45, 7) is 3.22. The van der Waals surface area contributed by atoms with Crippen LogP contribution in [0.25, 0.3) is 0 Å². The van der Waals surface area contributed by atoms with Crippen molar-refractivity contribution in [3.05, 3.63) is 17.0 Å². The van der Waals surface area contributed by atoms with Gasteiger partial charge in [0.1, 0.15) is 4.21 Å². The van der Waals surface area contributed by atoms with Gasteiger partial charge >= 0.3 is 5.97 Å². The van der Waals surface area contributed by atoms with E-state index in [1.165, 1.54) is 15.8 Å². The Hall–Kier alpha value is -0.920. The van der Waals surface area contributed by atoms with E-state index >= 15 is 0 Å². The van der Waals surface area contributed by atoms with Gasteiger partial charge in [-0.3, -0.25) is 0 Å². The normalized spacial score (nSPS) is 21.1. The molecule has 0 amide bonds. The minimum atomic E-state index is -3.55. The molecule has 21 heavy (non-hydrogen) atoms. The van der Waals surface area contributed by atoms with E-state index in [4.69, 9.17) is 5.11 Å². The summed E-state index contributed by atoms with van der Waals surface area (Å²) in [7, 11) is -3.55. The topological polar surface area (TPSA) is 74.7 Å². The van der Waals surface area contributed by atoms with Crippen LogP contribution in [0.3, 0.4) is 0 Å². The molecule has 0 aromatic carbocycles. The Morgan fingerprint density at radius 3 is 2.81 bits per heavy atom. The Morgan fingerprint density at radius 1 is 1.43 bits per heavy atom. The zero-order valence-electron chi connectivity index (χ0n) is 12.1. The molecule has 1 N–H and O–H groups in total. The van der Waals surface area contributed by atoms with E-state index in [2.05, 4.69) is 6.92 Å². The van der Waals surface area contributed by atoms with Crippen LogP contribution in [0.2, 0.25) is 0 Å². The largest absolute Gasteiger partial charge is 0.478 e. The van der Waals surface area contributed by atoms with Gasteiger partial charge in [-0.25, -0.2) is 13.2 Å². The first-order chi connectivity index (χ1) is 9.95. The Balaban J connectivity index is 2.13. The molecular formula is C14H21NO4S2. The Labute approximate surface area is 129 Å². The number of carbonyl (C=O) groups is 1. The number of aromatic carboxylic acids is 1. The molecule has 0 radical (unpaired) electrons. The van der Waals surface area contributed by atoms with Crippen LogP contribution in [-0.4, -0.2) is 36.9 Å². The first-order valence-electron chi connectivity index (χ1n) is 7.27. The molecule has 1 fully saturated rings. The van der Waals surface area contributed by atoms with E-state index in [-0.39, 0.29) is 9.77 Å². The number of thiophene rings is 1. The molecule has 1 aromatic heterocycles. The maximum Gasteiger partial charge on any atom is 0.336 e. The van der Waals surface area contributed by atoms with Gasteiger partial charge in [-0.15, -0.1) is 11.3 Å². The molecule has 1 aliphatic heterocycles. The van der Waals surface area contributed by atoms with E-state index in [9.17, 15) is 13.2 Å². The maximum absolute atomic E-state index is 12.6. The number of carboxylic acid groups (broad SMARTS) is 1. The SMILES string of the molecule is CCCC1CCCN(S(=O)(=O)c2cc(C(=O)O)cs2)CC1. The van der Waals surface area contributed by atoms with Gasteiger partial charge in [-0.05, 0) is 31.2 Å². The lowest BCUT2D eigenvalue weighted by molar-refractivity contribution is 0.0697. The molecule has 1 unspecified atom stereocenters. The van der Waals surface area contributed by atoms with Crippen molar-refractivity contribution in [3.8, 4) is 0 Å². The van der Waals surface area contributed by atoms with E-state index in [1.807, 2.05) is 0 Å². The molecule has 1 aromatic rings. The van der Waals surface area contributed by atoms with Crippen LogP contribution in [0.4, 0.5) is 0 Å². The molecule has 0 saturated carbocycles. The second-order valence-electron chi connectivity index (χ2n) is 5.45. The first-order valence-corrected chi connectivity index (χ1v) is 9.59. The van der Waals surface area contributed by atoms with Crippen LogP contribution in [0.15, 0.2) is 15.7 Å². The van der Waals surface area contributed by atoms with Crippen molar-refractivity contribution in [2.24, 2.45) is 5.92 Å². The highest BCUT2D eigenvalue weighted by atomic mass is 32.2. The number of sulfonamides is 1. The van der Waals surface area contributed by atoms with Crippen molar-refractivity contribution in [3.63, 3.8) is 0 Å². The maximum atomic E-state index is 12.6. The van der Waals surface area contributed by atoms with Crippen LogP contribution < -0.4 is 0 Å². The van der Waals surface area contributed by atoms with Crippen LogP contribution >= 0.6 is 11.3 Å². The zero-order chi connectivity index (χ0) is 15.5. The fourth-order valence-electron chi connectivity index (χ4n) is 2.77. The molecule has 0 spiro atoms. The fourth-order valence-corrected chi connectivity index (χ4v) is 5.57. The zero-order valence-corrected chi connectivity index (χ0v) is 13.8. The minimum absolute atomic E-state index is 0.0391. The molecule has 5 nitrogen and oxygen atoms in total. The summed E-state index contributed by atoms with van der Waals surface area (Å²) in [5, 5.41) is 10.3. The van der Waals surface area contributed by atoms with Crippen LogP contribution in [0, 0.1) is 5.92 Å². The van der Waals surface area contributed by atoms with Crippen LogP contribution in [0.5, 0.6) is 0 Å². The third kappa shape index (κ3) is 3.84. The monoisotopic (exact) mass is 331 g/mol. The van der Waals surface area contributed by atoms with E-state index < -0.39 is 16.0 Å². The predicted molar refractivity (Wildman–Crippen MR) is 82.3 cm³/mol. The first kappa shape index (κ1) is 16.5. The molecule has 1 saturated heterocycles. The van der Waals surface area contributed by atoms with Gasteiger partial charge in [0, 0.05) is 18.5 Å². The summed E-state index contributed by atoms with van der Waals surface area (Å²) in [5.74, 6) is -0.486. The lowest BCUT2D eigenvalue weighted by Gasteiger charge is -2.19. The number of hydrogen-bond donors (Lipinski definition) is 1. The van der Waals surface area contributed by atoms with E-state index in [1.54, 1.807) is 0 Å². The van der Waals surface area contributed by atoms with Gasteiger partial charge in [0.25, 0.3) is 10.0 Å². The standard InChI is InChI=1S/C14H21NO4S2/c1-2-4-11-5-3-7-15(8-6-11)21(18,19)13-9-12(10-20-13)14(16)17/h9-11H,2-8H2,1H3,(H,16,17). The Bertz CT molecular complexity index is 594. The van der Waals surface area contributed by atoms with Crippen molar-refractivity contribution < 1.29 is 18.3 Å². The number of carboxylic acids is 1. The van der Waals surface area contributed by atoms with Crippen LogP contribution in [0.1, 0.15) is 49.4 Å². The van der Waals surface area contributed by atoms with Crippen molar-refractivity contribution >= 4 is 27.3 Å². The van der Waals surface area contributed by atoms with Crippen LogP contribution in [-0.2, 0) is 10.0 Å².